The van der Waals surface area contributed by atoms with Crippen LogP contribution in [-0.2, 0) is 16.6 Å². The van der Waals surface area contributed by atoms with E-state index in [1.54, 1.807) is 4.57 Å². The molecule has 1 unspecified atom stereocenters. The van der Waals surface area contributed by atoms with Gasteiger partial charge in [0.1, 0.15) is 0 Å². The third-order valence-corrected chi connectivity index (χ3v) is 4.20. The Morgan fingerprint density at radius 3 is 2.58 bits per heavy atom. The number of aryl methyl sites for hydroxylation is 1. The Labute approximate surface area is 120 Å². The molecule has 1 atom stereocenters. The summed E-state index contributed by atoms with van der Waals surface area (Å²) in [6.07, 6.45) is 3.75. The van der Waals surface area contributed by atoms with E-state index in [4.69, 9.17) is 11.6 Å². The Morgan fingerprint density at radius 1 is 1.47 bits per heavy atom. The maximum atomic E-state index is 12.0. The van der Waals surface area contributed by atoms with Gasteiger partial charge in [0.15, 0.2) is 5.03 Å². The lowest BCUT2D eigenvalue weighted by atomic mass is 9.90. The molecule has 0 aliphatic carbocycles. The third kappa shape index (κ3) is 5.50. The van der Waals surface area contributed by atoms with Crippen LogP contribution in [0.5, 0.6) is 0 Å². The van der Waals surface area contributed by atoms with Crippen molar-refractivity contribution >= 4 is 21.6 Å². The fraction of sp³-hybridized carbons (Fsp3) is 0.750. The van der Waals surface area contributed by atoms with Gasteiger partial charge >= 0.3 is 0 Å². The Hall–Kier alpha value is -0.590. The lowest BCUT2D eigenvalue weighted by molar-refractivity contribution is 0.369. The number of hydrogen-bond acceptors (Lipinski definition) is 3. The zero-order valence-electron chi connectivity index (χ0n) is 11.9. The largest absolute Gasteiger partial charge is 0.336 e. The number of sulfonamides is 1. The van der Waals surface area contributed by atoms with Crippen molar-refractivity contribution in [1.29, 1.82) is 0 Å². The molecule has 0 spiro atoms. The molecule has 0 fully saturated rings. The molecular weight excluding hydrogens is 286 g/mol. The van der Waals surface area contributed by atoms with Gasteiger partial charge in [-0.3, -0.25) is 0 Å². The predicted molar refractivity (Wildman–Crippen MR) is 76.8 cm³/mol. The van der Waals surface area contributed by atoms with Crippen LogP contribution < -0.4 is 4.72 Å². The Balaban J connectivity index is 2.61. The average Bonchev–Trinajstić information content (AvgIpc) is 2.73. The highest BCUT2D eigenvalue weighted by Crippen LogP contribution is 2.23. The first-order valence-electron chi connectivity index (χ1n) is 6.29. The fourth-order valence-corrected chi connectivity index (χ4v) is 3.32. The monoisotopic (exact) mass is 307 g/mol. The van der Waals surface area contributed by atoms with Crippen LogP contribution in [0.4, 0.5) is 0 Å². The van der Waals surface area contributed by atoms with Crippen molar-refractivity contribution in [3.63, 3.8) is 0 Å². The summed E-state index contributed by atoms with van der Waals surface area (Å²) in [5.41, 5.74) is 0.0711. The van der Waals surface area contributed by atoms with E-state index in [9.17, 15) is 8.42 Å². The molecule has 1 aromatic heterocycles. The highest BCUT2D eigenvalue weighted by molar-refractivity contribution is 7.89. The second-order valence-corrected chi connectivity index (χ2v) is 8.09. The van der Waals surface area contributed by atoms with Gasteiger partial charge in [-0.1, -0.05) is 20.8 Å². The fourth-order valence-electron chi connectivity index (χ4n) is 1.66. The third-order valence-electron chi connectivity index (χ3n) is 2.58. The van der Waals surface area contributed by atoms with Gasteiger partial charge in [0.05, 0.1) is 6.33 Å². The minimum absolute atomic E-state index is 0.0361. The van der Waals surface area contributed by atoms with Crippen molar-refractivity contribution in [2.24, 2.45) is 5.41 Å². The highest BCUT2D eigenvalue weighted by atomic mass is 35.5. The van der Waals surface area contributed by atoms with Crippen molar-refractivity contribution in [2.45, 2.75) is 51.1 Å². The van der Waals surface area contributed by atoms with Crippen LogP contribution in [0.2, 0.25) is 0 Å². The molecule has 0 aliphatic rings. The molecule has 0 saturated carbocycles. The minimum atomic E-state index is -3.57. The summed E-state index contributed by atoms with van der Waals surface area (Å²) >= 11 is 6.14. The van der Waals surface area contributed by atoms with Crippen LogP contribution in [0.25, 0.3) is 0 Å². The maximum absolute atomic E-state index is 12.0. The number of nitrogens with one attached hydrogen (secondary N) is 1. The lowest BCUT2D eigenvalue weighted by Gasteiger charge is -2.21. The molecule has 7 heteroatoms. The second-order valence-electron chi connectivity index (χ2n) is 5.76. The van der Waals surface area contributed by atoms with Gasteiger partial charge in [-0.2, -0.15) is 0 Å². The summed E-state index contributed by atoms with van der Waals surface area (Å²) < 4.78 is 28.2. The number of halogens is 1. The van der Waals surface area contributed by atoms with Crippen LogP contribution in [0.3, 0.4) is 0 Å². The van der Waals surface area contributed by atoms with E-state index >= 15 is 0 Å². The van der Waals surface area contributed by atoms with E-state index in [-0.39, 0.29) is 22.4 Å². The molecule has 0 radical (unpaired) electrons. The molecule has 0 amide bonds. The first-order valence-corrected chi connectivity index (χ1v) is 8.21. The number of nitrogens with zero attached hydrogens (tertiary/aromatic N) is 2. The Kier molecular flexibility index (Phi) is 5.41. The van der Waals surface area contributed by atoms with Crippen LogP contribution in [0.1, 0.15) is 34.1 Å². The molecule has 1 rings (SSSR count). The minimum Gasteiger partial charge on any atom is -0.336 e. The molecule has 0 aromatic carbocycles. The zero-order chi connectivity index (χ0) is 14.7. The Morgan fingerprint density at radius 2 is 2.11 bits per heavy atom. The molecule has 1 aromatic rings. The first-order chi connectivity index (χ1) is 8.64. The number of hydrogen-bond donors (Lipinski definition) is 1. The first kappa shape index (κ1) is 16.5. The summed E-state index contributed by atoms with van der Waals surface area (Å²) in [5.74, 6) is 0. The van der Waals surface area contributed by atoms with Crippen molar-refractivity contribution in [3.8, 4) is 0 Å². The standard InChI is InChI=1S/C12H22ClN3O2S/c1-5-16-8-11(14-9-16)19(17,18)15-7-10(13)6-12(2,3)4/h8-10,15H,5-7H2,1-4H3. The molecule has 0 aliphatic heterocycles. The SMILES string of the molecule is CCn1cnc(S(=O)(=O)NCC(Cl)CC(C)(C)C)c1. The number of alkyl halides is 1. The van der Waals surface area contributed by atoms with E-state index in [1.165, 1.54) is 12.5 Å². The molecule has 1 N–H and O–H groups in total. The van der Waals surface area contributed by atoms with Gasteiger partial charge in [0.25, 0.3) is 10.0 Å². The second kappa shape index (κ2) is 6.24. The van der Waals surface area contributed by atoms with Gasteiger partial charge in [-0.15, -0.1) is 11.6 Å². The summed E-state index contributed by atoms with van der Waals surface area (Å²) in [6, 6.07) is 0. The van der Waals surface area contributed by atoms with Crippen molar-refractivity contribution in [1.82, 2.24) is 14.3 Å². The molecule has 5 nitrogen and oxygen atoms in total. The van der Waals surface area contributed by atoms with Crippen LogP contribution in [0.15, 0.2) is 17.6 Å². The van der Waals surface area contributed by atoms with E-state index < -0.39 is 10.0 Å². The van der Waals surface area contributed by atoms with Gasteiger partial charge in [0.2, 0.25) is 0 Å². The molecular formula is C12H22ClN3O2S. The highest BCUT2D eigenvalue weighted by Gasteiger charge is 2.21. The van der Waals surface area contributed by atoms with Gasteiger partial charge in [-0.05, 0) is 18.8 Å². The number of imidazole rings is 1. The van der Waals surface area contributed by atoms with E-state index in [0.29, 0.717) is 6.54 Å². The van der Waals surface area contributed by atoms with E-state index in [1.807, 2.05) is 6.92 Å². The summed E-state index contributed by atoms with van der Waals surface area (Å²) in [4.78, 5) is 3.88. The molecule has 19 heavy (non-hydrogen) atoms. The van der Waals surface area contributed by atoms with E-state index in [0.717, 1.165) is 6.42 Å². The summed E-state index contributed by atoms with van der Waals surface area (Å²) in [5, 5.41) is -0.197. The molecule has 110 valence electrons. The van der Waals surface area contributed by atoms with Gasteiger partial charge in [-0.25, -0.2) is 18.1 Å². The van der Waals surface area contributed by atoms with Crippen LogP contribution >= 0.6 is 11.6 Å². The van der Waals surface area contributed by atoms with E-state index in [2.05, 4.69) is 30.5 Å². The summed E-state index contributed by atoms with van der Waals surface area (Å²) in [6.45, 7) is 9.02. The van der Waals surface area contributed by atoms with Crippen LogP contribution in [-0.4, -0.2) is 29.9 Å². The smallest absolute Gasteiger partial charge is 0.259 e. The topological polar surface area (TPSA) is 64.0 Å². The number of aromatic nitrogens is 2. The van der Waals surface area contributed by atoms with Crippen molar-refractivity contribution in [3.05, 3.63) is 12.5 Å². The molecule has 0 saturated heterocycles. The molecule has 0 bridgehead atoms. The van der Waals surface area contributed by atoms with Crippen LogP contribution in [0, 0.1) is 5.41 Å². The molecule has 1 heterocycles. The lowest BCUT2D eigenvalue weighted by Crippen LogP contribution is -2.31. The number of rotatable bonds is 6. The quantitative estimate of drug-likeness (QED) is 0.820. The summed E-state index contributed by atoms with van der Waals surface area (Å²) in [7, 11) is -3.57. The Bertz CT molecular complexity index is 505. The van der Waals surface area contributed by atoms with Crippen molar-refractivity contribution < 1.29 is 8.42 Å². The predicted octanol–water partition coefficient (Wildman–Crippen LogP) is 2.22. The zero-order valence-corrected chi connectivity index (χ0v) is 13.4. The van der Waals surface area contributed by atoms with Gasteiger partial charge in [0, 0.05) is 24.7 Å². The van der Waals surface area contributed by atoms with Crippen molar-refractivity contribution in [2.75, 3.05) is 6.54 Å². The normalized spacial score (nSPS) is 14.6. The average molecular weight is 308 g/mol. The maximum Gasteiger partial charge on any atom is 0.259 e. The van der Waals surface area contributed by atoms with Gasteiger partial charge < -0.3 is 4.57 Å².